The van der Waals surface area contributed by atoms with E-state index in [0.29, 0.717) is 6.54 Å². The quantitative estimate of drug-likeness (QED) is 0.496. The number of benzene rings is 1. The highest BCUT2D eigenvalue weighted by Gasteiger charge is 2.21. The van der Waals surface area contributed by atoms with Gasteiger partial charge in [-0.1, -0.05) is 23.2 Å². The van der Waals surface area contributed by atoms with Crippen molar-refractivity contribution in [2.45, 2.75) is 6.42 Å². The van der Waals surface area contributed by atoms with Crippen molar-refractivity contribution in [3.63, 3.8) is 0 Å². The Labute approximate surface area is 126 Å². The number of rotatable bonds is 6. The summed E-state index contributed by atoms with van der Waals surface area (Å²) in [5.74, 6) is -0.392. The molecule has 0 saturated carbocycles. The highest BCUT2D eigenvalue weighted by atomic mass is 35.5. The molecular weight excluding hydrogens is 305 g/mol. The van der Waals surface area contributed by atoms with Crippen molar-refractivity contribution < 1.29 is 9.72 Å². The molecule has 0 spiro atoms. The maximum atomic E-state index is 12.2. The van der Waals surface area contributed by atoms with E-state index in [0.717, 1.165) is 25.1 Å². The van der Waals surface area contributed by atoms with Gasteiger partial charge in [-0.2, -0.15) is 0 Å². The number of nitro groups is 1. The summed E-state index contributed by atoms with van der Waals surface area (Å²) in [6.45, 7) is 1.28. The van der Waals surface area contributed by atoms with Gasteiger partial charge in [0.1, 0.15) is 0 Å². The highest BCUT2D eigenvalue weighted by Crippen LogP contribution is 2.31. The largest absolute Gasteiger partial charge is 0.342 e. The number of halogens is 2. The van der Waals surface area contributed by atoms with Gasteiger partial charge >= 0.3 is 0 Å². The van der Waals surface area contributed by atoms with Crippen molar-refractivity contribution in [3.05, 3.63) is 37.9 Å². The number of nitrogens with one attached hydrogen (secondary N) is 1. The summed E-state index contributed by atoms with van der Waals surface area (Å²) in [5.41, 5.74) is -0.218. The predicted molar refractivity (Wildman–Crippen MR) is 78.6 cm³/mol. The molecule has 0 radical (unpaired) electrons. The maximum absolute atomic E-state index is 12.2. The monoisotopic (exact) mass is 319 g/mol. The van der Waals surface area contributed by atoms with Crippen molar-refractivity contribution in [3.8, 4) is 0 Å². The molecule has 0 aliphatic heterocycles. The number of carbonyl (C=O) groups excluding carboxylic acids is 1. The second-order valence-corrected chi connectivity index (χ2v) is 5.02. The van der Waals surface area contributed by atoms with E-state index in [1.165, 1.54) is 4.90 Å². The fraction of sp³-hybridized carbons (Fsp3) is 0.417. The van der Waals surface area contributed by atoms with Crippen LogP contribution in [0.15, 0.2) is 12.1 Å². The summed E-state index contributed by atoms with van der Waals surface area (Å²) < 4.78 is 0. The number of carbonyl (C=O) groups is 1. The third-order valence-corrected chi connectivity index (χ3v) is 3.52. The summed E-state index contributed by atoms with van der Waals surface area (Å²) in [6, 6.07) is 2.27. The van der Waals surface area contributed by atoms with Gasteiger partial charge in [-0.05, 0) is 20.0 Å². The Morgan fingerprint density at radius 2 is 2.10 bits per heavy atom. The first-order valence-corrected chi connectivity index (χ1v) is 6.67. The molecule has 1 rings (SSSR count). The van der Waals surface area contributed by atoms with E-state index in [4.69, 9.17) is 23.2 Å². The molecule has 20 heavy (non-hydrogen) atoms. The minimum atomic E-state index is -0.611. The minimum absolute atomic E-state index is 0.00663. The SMILES string of the molecule is CNCCCN(C)C(=O)c1cc([N+](=O)[O-])cc(Cl)c1Cl. The summed E-state index contributed by atoms with van der Waals surface area (Å²) in [5, 5.41) is 13.8. The lowest BCUT2D eigenvalue weighted by Gasteiger charge is -2.18. The third-order valence-electron chi connectivity index (χ3n) is 2.72. The number of non-ortho nitro benzene ring substituents is 1. The van der Waals surface area contributed by atoms with Crippen LogP contribution in [0.25, 0.3) is 0 Å². The summed E-state index contributed by atoms with van der Waals surface area (Å²) in [4.78, 5) is 23.9. The molecule has 0 aromatic heterocycles. The van der Waals surface area contributed by atoms with Crippen LogP contribution in [0.2, 0.25) is 10.0 Å². The fourth-order valence-corrected chi connectivity index (χ4v) is 2.04. The van der Waals surface area contributed by atoms with Gasteiger partial charge in [0, 0.05) is 25.7 Å². The van der Waals surface area contributed by atoms with E-state index in [2.05, 4.69) is 5.32 Å². The molecule has 1 N–H and O–H groups in total. The second kappa shape index (κ2) is 7.42. The van der Waals surface area contributed by atoms with Crippen LogP contribution in [0, 0.1) is 10.1 Å². The molecule has 110 valence electrons. The zero-order chi connectivity index (χ0) is 15.3. The predicted octanol–water partition coefficient (Wildman–Crippen LogP) is 2.58. The van der Waals surface area contributed by atoms with Gasteiger partial charge in [0.25, 0.3) is 11.6 Å². The standard InChI is InChI=1S/C12H15Cl2N3O3/c1-15-4-3-5-16(2)12(18)9-6-8(17(19)20)7-10(13)11(9)14/h6-7,15H,3-5H2,1-2H3. The van der Waals surface area contributed by atoms with E-state index in [1.807, 2.05) is 7.05 Å². The van der Waals surface area contributed by atoms with E-state index in [-0.39, 0.29) is 21.3 Å². The Kier molecular flexibility index (Phi) is 6.19. The lowest BCUT2D eigenvalue weighted by Crippen LogP contribution is -2.29. The van der Waals surface area contributed by atoms with Crippen LogP contribution < -0.4 is 5.32 Å². The summed E-state index contributed by atoms with van der Waals surface area (Å²) in [7, 11) is 3.43. The van der Waals surface area contributed by atoms with Crippen LogP contribution in [0.1, 0.15) is 16.8 Å². The maximum Gasteiger partial charge on any atom is 0.271 e. The topological polar surface area (TPSA) is 75.5 Å². The number of amides is 1. The molecule has 6 nitrogen and oxygen atoms in total. The number of nitrogens with zero attached hydrogens (tertiary/aromatic N) is 2. The first kappa shape index (κ1) is 16.7. The normalized spacial score (nSPS) is 10.4. The van der Waals surface area contributed by atoms with Gasteiger partial charge in [-0.3, -0.25) is 14.9 Å². The Balaban J connectivity index is 2.99. The first-order valence-electron chi connectivity index (χ1n) is 5.92. The van der Waals surface area contributed by atoms with Crippen LogP contribution in [-0.2, 0) is 0 Å². The van der Waals surface area contributed by atoms with Gasteiger partial charge in [0.05, 0.1) is 20.5 Å². The van der Waals surface area contributed by atoms with Gasteiger partial charge in [0.2, 0.25) is 0 Å². The van der Waals surface area contributed by atoms with Crippen molar-refractivity contribution in [1.82, 2.24) is 10.2 Å². The van der Waals surface area contributed by atoms with Crippen molar-refractivity contribution in [1.29, 1.82) is 0 Å². The highest BCUT2D eigenvalue weighted by molar-refractivity contribution is 6.44. The lowest BCUT2D eigenvalue weighted by molar-refractivity contribution is -0.384. The van der Waals surface area contributed by atoms with Gasteiger partial charge in [-0.15, -0.1) is 0 Å². The van der Waals surface area contributed by atoms with Gasteiger partial charge in [0.15, 0.2) is 0 Å². The molecule has 0 fully saturated rings. The van der Waals surface area contributed by atoms with E-state index in [9.17, 15) is 14.9 Å². The zero-order valence-electron chi connectivity index (χ0n) is 11.2. The molecule has 1 amide bonds. The average molecular weight is 320 g/mol. The molecule has 0 heterocycles. The third kappa shape index (κ3) is 4.06. The van der Waals surface area contributed by atoms with Crippen LogP contribution in [-0.4, -0.2) is 42.9 Å². The van der Waals surface area contributed by atoms with Crippen LogP contribution in [0.5, 0.6) is 0 Å². The first-order chi connectivity index (χ1) is 9.38. The van der Waals surface area contributed by atoms with E-state index < -0.39 is 10.8 Å². The summed E-state index contributed by atoms with van der Waals surface area (Å²) in [6.07, 6.45) is 0.763. The van der Waals surface area contributed by atoms with Crippen molar-refractivity contribution in [2.24, 2.45) is 0 Å². The smallest absolute Gasteiger partial charge is 0.271 e. The molecular formula is C12H15Cl2N3O3. The number of nitro benzene ring substituents is 1. The molecule has 0 aliphatic rings. The molecule has 1 aromatic rings. The van der Waals surface area contributed by atoms with E-state index >= 15 is 0 Å². The fourth-order valence-electron chi connectivity index (χ4n) is 1.64. The molecule has 0 saturated heterocycles. The Hall–Kier alpha value is -1.37. The number of hydrogen-bond acceptors (Lipinski definition) is 4. The molecule has 0 bridgehead atoms. The average Bonchev–Trinajstić information content (AvgIpc) is 2.40. The van der Waals surface area contributed by atoms with Crippen LogP contribution >= 0.6 is 23.2 Å². The second-order valence-electron chi connectivity index (χ2n) is 4.23. The van der Waals surface area contributed by atoms with Gasteiger partial charge in [-0.25, -0.2) is 0 Å². The molecule has 0 aliphatic carbocycles. The van der Waals surface area contributed by atoms with E-state index in [1.54, 1.807) is 7.05 Å². The Morgan fingerprint density at radius 1 is 1.45 bits per heavy atom. The summed E-state index contributed by atoms with van der Waals surface area (Å²) >= 11 is 11.8. The molecule has 8 heteroatoms. The van der Waals surface area contributed by atoms with Crippen LogP contribution in [0.3, 0.4) is 0 Å². The molecule has 0 unspecified atom stereocenters. The van der Waals surface area contributed by atoms with Crippen molar-refractivity contribution >= 4 is 34.8 Å². The molecule has 0 atom stereocenters. The minimum Gasteiger partial charge on any atom is -0.342 e. The molecule has 1 aromatic carbocycles. The Morgan fingerprint density at radius 3 is 2.65 bits per heavy atom. The Bertz CT molecular complexity index is 523. The lowest BCUT2D eigenvalue weighted by atomic mass is 10.1. The van der Waals surface area contributed by atoms with Gasteiger partial charge < -0.3 is 10.2 Å². The zero-order valence-corrected chi connectivity index (χ0v) is 12.7. The van der Waals surface area contributed by atoms with Crippen molar-refractivity contribution in [2.75, 3.05) is 27.2 Å². The number of hydrogen-bond donors (Lipinski definition) is 1. The van der Waals surface area contributed by atoms with Crippen LogP contribution in [0.4, 0.5) is 5.69 Å².